The smallest absolute Gasteiger partial charge is 0.255 e. The number of benzene rings is 1. The summed E-state index contributed by atoms with van der Waals surface area (Å²) in [6.07, 6.45) is 2.40. The van der Waals surface area contributed by atoms with E-state index in [1.54, 1.807) is 0 Å². The number of β-amino-alcohol motifs (C(OH)–C–C–N with tert-alkyl or cyclic N) is 1. The van der Waals surface area contributed by atoms with E-state index in [1.807, 2.05) is 0 Å². The van der Waals surface area contributed by atoms with Crippen LogP contribution in [0.3, 0.4) is 0 Å². The fraction of sp³-hybridized carbons (Fsp3) is 0.588. The third-order valence-electron chi connectivity index (χ3n) is 4.81. The summed E-state index contributed by atoms with van der Waals surface area (Å²) in [5.41, 5.74) is 0.225. The largest absolute Gasteiger partial charge is 0.496 e. The number of halogens is 1. The SMILES string of the molecule is COc1ccc(F)cc1C(=O)N[C@@H]1CN(CCO)C[C@H]1C1CC1. The molecule has 1 aliphatic heterocycles. The molecule has 5 nitrogen and oxygen atoms in total. The van der Waals surface area contributed by atoms with Gasteiger partial charge in [0.2, 0.25) is 0 Å². The van der Waals surface area contributed by atoms with Gasteiger partial charge in [0.25, 0.3) is 5.91 Å². The maximum absolute atomic E-state index is 13.5. The van der Waals surface area contributed by atoms with Crippen molar-refractivity contribution < 1.29 is 19.0 Å². The second-order valence-electron chi connectivity index (χ2n) is 6.41. The van der Waals surface area contributed by atoms with Gasteiger partial charge < -0.3 is 15.2 Å². The van der Waals surface area contributed by atoms with Gasteiger partial charge in [-0.05, 0) is 42.9 Å². The molecule has 0 bridgehead atoms. The van der Waals surface area contributed by atoms with Crippen LogP contribution in [0.2, 0.25) is 0 Å². The average molecular weight is 322 g/mol. The van der Waals surface area contributed by atoms with Gasteiger partial charge in [-0.3, -0.25) is 9.69 Å². The van der Waals surface area contributed by atoms with Crippen LogP contribution in [0, 0.1) is 17.7 Å². The molecule has 3 rings (SSSR count). The highest BCUT2D eigenvalue weighted by molar-refractivity contribution is 5.97. The zero-order chi connectivity index (χ0) is 16.4. The van der Waals surface area contributed by atoms with Crippen LogP contribution in [0.15, 0.2) is 18.2 Å². The van der Waals surface area contributed by atoms with Crippen molar-refractivity contribution in [3.8, 4) is 5.75 Å². The van der Waals surface area contributed by atoms with Gasteiger partial charge in [-0.25, -0.2) is 4.39 Å². The number of likely N-dealkylation sites (tertiary alicyclic amines) is 1. The molecule has 126 valence electrons. The molecule has 0 unspecified atom stereocenters. The Labute approximate surface area is 135 Å². The van der Waals surface area contributed by atoms with E-state index in [0.29, 0.717) is 24.1 Å². The molecule has 0 aromatic heterocycles. The number of nitrogens with zero attached hydrogens (tertiary/aromatic N) is 1. The Morgan fingerprint density at radius 2 is 2.22 bits per heavy atom. The number of carbonyl (C=O) groups is 1. The summed E-state index contributed by atoms with van der Waals surface area (Å²) < 4.78 is 18.6. The van der Waals surface area contributed by atoms with Crippen LogP contribution in [0.1, 0.15) is 23.2 Å². The second-order valence-corrected chi connectivity index (χ2v) is 6.41. The minimum Gasteiger partial charge on any atom is -0.496 e. The van der Waals surface area contributed by atoms with Gasteiger partial charge in [-0.15, -0.1) is 0 Å². The van der Waals surface area contributed by atoms with E-state index in [0.717, 1.165) is 13.1 Å². The number of nitrogens with one attached hydrogen (secondary N) is 1. The summed E-state index contributed by atoms with van der Waals surface area (Å²) in [6.45, 7) is 2.37. The van der Waals surface area contributed by atoms with Crippen molar-refractivity contribution in [2.45, 2.75) is 18.9 Å². The van der Waals surface area contributed by atoms with Crippen molar-refractivity contribution in [2.75, 3.05) is 33.4 Å². The van der Waals surface area contributed by atoms with Gasteiger partial charge >= 0.3 is 0 Å². The van der Waals surface area contributed by atoms with Crippen molar-refractivity contribution in [3.05, 3.63) is 29.6 Å². The molecule has 1 aromatic carbocycles. The summed E-state index contributed by atoms with van der Waals surface area (Å²) in [5, 5.41) is 12.2. The molecule has 2 atom stereocenters. The van der Waals surface area contributed by atoms with Crippen LogP contribution in [-0.4, -0.2) is 55.3 Å². The highest BCUT2D eigenvalue weighted by Gasteiger charge is 2.42. The van der Waals surface area contributed by atoms with Crippen LogP contribution in [0.5, 0.6) is 5.75 Å². The van der Waals surface area contributed by atoms with Crippen LogP contribution in [0.4, 0.5) is 4.39 Å². The van der Waals surface area contributed by atoms with Gasteiger partial charge in [-0.1, -0.05) is 0 Å². The standard InChI is InChI=1S/C17H23FN2O3/c1-23-16-5-4-12(18)8-13(16)17(22)19-15-10-20(6-7-21)9-14(15)11-2-3-11/h4-5,8,11,14-15,21H,2-3,6-7,9-10H2,1H3,(H,19,22)/t14-,15+/m0/s1. The van der Waals surface area contributed by atoms with E-state index in [2.05, 4.69) is 10.2 Å². The monoisotopic (exact) mass is 322 g/mol. The molecule has 2 fully saturated rings. The minimum atomic E-state index is -0.456. The fourth-order valence-corrected chi connectivity index (χ4v) is 3.50. The summed E-state index contributed by atoms with van der Waals surface area (Å²) >= 11 is 0. The first-order chi connectivity index (χ1) is 11.1. The highest BCUT2D eigenvalue weighted by atomic mass is 19.1. The first kappa shape index (κ1) is 16.2. The lowest BCUT2D eigenvalue weighted by atomic mass is 9.97. The number of amides is 1. The average Bonchev–Trinajstić information content (AvgIpc) is 3.30. The van der Waals surface area contributed by atoms with Crippen molar-refractivity contribution in [1.82, 2.24) is 10.2 Å². The summed E-state index contributed by atoms with van der Waals surface area (Å²) in [5.74, 6) is 0.673. The van der Waals surface area contributed by atoms with E-state index in [1.165, 1.54) is 38.2 Å². The van der Waals surface area contributed by atoms with Gasteiger partial charge in [0, 0.05) is 25.7 Å². The Balaban J connectivity index is 1.72. The maximum Gasteiger partial charge on any atom is 0.255 e. The Bertz CT molecular complexity index is 577. The lowest BCUT2D eigenvalue weighted by Gasteiger charge is -2.20. The van der Waals surface area contributed by atoms with Crippen molar-refractivity contribution >= 4 is 5.91 Å². The van der Waals surface area contributed by atoms with E-state index < -0.39 is 5.82 Å². The predicted octanol–water partition coefficient (Wildman–Crippen LogP) is 1.27. The number of hydrogen-bond acceptors (Lipinski definition) is 4. The molecule has 2 N–H and O–H groups in total. The Morgan fingerprint density at radius 3 is 2.87 bits per heavy atom. The van der Waals surface area contributed by atoms with Crippen LogP contribution >= 0.6 is 0 Å². The molecule has 23 heavy (non-hydrogen) atoms. The molecule has 0 spiro atoms. The molecule has 1 amide bonds. The molecule has 1 saturated heterocycles. The first-order valence-corrected chi connectivity index (χ1v) is 8.10. The molecule has 1 aromatic rings. The lowest BCUT2D eigenvalue weighted by molar-refractivity contribution is 0.0924. The van der Waals surface area contributed by atoms with Crippen LogP contribution < -0.4 is 10.1 Å². The van der Waals surface area contributed by atoms with Gasteiger partial charge in [0.05, 0.1) is 19.3 Å². The normalized spacial score (nSPS) is 24.7. The molecule has 1 aliphatic carbocycles. The van der Waals surface area contributed by atoms with Crippen molar-refractivity contribution in [2.24, 2.45) is 11.8 Å². The van der Waals surface area contributed by atoms with Gasteiger partial charge in [0.1, 0.15) is 11.6 Å². The van der Waals surface area contributed by atoms with E-state index in [-0.39, 0.29) is 24.1 Å². The molecule has 6 heteroatoms. The van der Waals surface area contributed by atoms with Crippen molar-refractivity contribution in [3.63, 3.8) is 0 Å². The first-order valence-electron chi connectivity index (χ1n) is 8.10. The maximum atomic E-state index is 13.5. The number of rotatable bonds is 6. The topological polar surface area (TPSA) is 61.8 Å². The van der Waals surface area contributed by atoms with Crippen LogP contribution in [0.25, 0.3) is 0 Å². The lowest BCUT2D eigenvalue weighted by Crippen LogP contribution is -2.41. The number of methoxy groups -OCH3 is 1. The molecule has 0 radical (unpaired) electrons. The zero-order valence-corrected chi connectivity index (χ0v) is 13.3. The Morgan fingerprint density at radius 1 is 1.43 bits per heavy atom. The molecular formula is C17H23FN2O3. The van der Waals surface area contributed by atoms with Gasteiger partial charge in [0.15, 0.2) is 0 Å². The number of ether oxygens (including phenoxy) is 1. The Hall–Kier alpha value is -1.66. The third kappa shape index (κ3) is 3.64. The Kier molecular flexibility index (Phi) is 4.82. The zero-order valence-electron chi connectivity index (χ0n) is 13.3. The fourth-order valence-electron chi connectivity index (χ4n) is 3.50. The minimum absolute atomic E-state index is 0.0366. The molecule has 2 aliphatic rings. The molecule has 1 saturated carbocycles. The predicted molar refractivity (Wildman–Crippen MR) is 83.9 cm³/mol. The quantitative estimate of drug-likeness (QED) is 0.828. The molecule has 1 heterocycles. The highest BCUT2D eigenvalue weighted by Crippen LogP contribution is 2.41. The summed E-state index contributed by atoms with van der Waals surface area (Å²) in [4.78, 5) is 14.7. The molecular weight excluding hydrogens is 299 g/mol. The van der Waals surface area contributed by atoms with E-state index >= 15 is 0 Å². The second kappa shape index (κ2) is 6.84. The third-order valence-corrected chi connectivity index (χ3v) is 4.81. The van der Waals surface area contributed by atoms with Crippen molar-refractivity contribution in [1.29, 1.82) is 0 Å². The number of carbonyl (C=O) groups excluding carboxylic acids is 1. The van der Waals surface area contributed by atoms with E-state index in [9.17, 15) is 9.18 Å². The van der Waals surface area contributed by atoms with Gasteiger partial charge in [-0.2, -0.15) is 0 Å². The number of aliphatic hydroxyl groups is 1. The summed E-state index contributed by atoms with van der Waals surface area (Å²) in [7, 11) is 1.47. The number of aliphatic hydroxyl groups excluding tert-OH is 1. The van der Waals surface area contributed by atoms with Crippen LogP contribution in [-0.2, 0) is 0 Å². The number of hydrogen-bond donors (Lipinski definition) is 2. The van der Waals surface area contributed by atoms with E-state index in [4.69, 9.17) is 9.84 Å². The summed E-state index contributed by atoms with van der Waals surface area (Å²) in [6, 6.07) is 3.99.